The van der Waals surface area contributed by atoms with E-state index < -0.39 is 0 Å². The molecule has 0 radical (unpaired) electrons. The van der Waals surface area contributed by atoms with Crippen LogP contribution in [0.4, 0.5) is 5.69 Å². The summed E-state index contributed by atoms with van der Waals surface area (Å²) >= 11 is 0. The van der Waals surface area contributed by atoms with Gasteiger partial charge in [0.05, 0.1) is 5.69 Å². The number of rotatable bonds is 5. The molecular formula is C26H21NO3. The predicted molar refractivity (Wildman–Crippen MR) is 121 cm³/mol. The van der Waals surface area contributed by atoms with Gasteiger partial charge >= 0.3 is 0 Å². The van der Waals surface area contributed by atoms with Crippen LogP contribution >= 0.6 is 0 Å². The van der Waals surface area contributed by atoms with E-state index in [1.54, 1.807) is 4.90 Å². The maximum Gasteiger partial charge on any atom is 0.264 e. The van der Waals surface area contributed by atoms with Crippen LogP contribution < -0.4 is 9.64 Å². The third-order valence-corrected chi connectivity index (χ3v) is 5.39. The highest BCUT2D eigenvalue weighted by Gasteiger charge is 2.17. The normalized spacial score (nSPS) is 11.2. The summed E-state index contributed by atoms with van der Waals surface area (Å²) in [6.45, 7) is 2.52. The molecule has 0 N–H and O–H groups in total. The number of ether oxygens (including phenoxy) is 1. The van der Waals surface area contributed by atoms with E-state index in [-0.39, 0.29) is 12.5 Å². The number of fused-ring (bicyclic) bond motifs is 4. The van der Waals surface area contributed by atoms with Crippen LogP contribution in [0.25, 0.3) is 32.7 Å². The lowest BCUT2D eigenvalue weighted by Gasteiger charge is -2.23. The summed E-state index contributed by atoms with van der Waals surface area (Å²) in [5.41, 5.74) is 2.55. The zero-order valence-electron chi connectivity index (χ0n) is 16.7. The van der Waals surface area contributed by atoms with E-state index in [9.17, 15) is 4.79 Å². The summed E-state index contributed by atoms with van der Waals surface area (Å²) in [4.78, 5) is 14.8. The van der Waals surface area contributed by atoms with Crippen LogP contribution in [0.5, 0.6) is 5.75 Å². The van der Waals surface area contributed by atoms with Gasteiger partial charge in [0.15, 0.2) is 6.61 Å². The van der Waals surface area contributed by atoms with Crippen molar-refractivity contribution in [3.05, 3.63) is 84.9 Å². The molecule has 0 saturated carbocycles. The Hall–Kier alpha value is -3.79. The number of hydrogen-bond acceptors (Lipinski definition) is 3. The number of likely N-dealkylation sites (N-methyl/N-ethyl adjacent to an activating group) is 1. The molecule has 0 bridgehead atoms. The summed E-state index contributed by atoms with van der Waals surface area (Å²) in [6.07, 6.45) is 0. The minimum absolute atomic E-state index is 0.0294. The van der Waals surface area contributed by atoms with Crippen LogP contribution in [-0.4, -0.2) is 19.1 Å². The number of nitrogens with zero attached hydrogens (tertiary/aromatic N) is 1. The van der Waals surface area contributed by atoms with E-state index in [1.807, 2.05) is 79.7 Å². The molecule has 0 unspecified atom stereocenters. The first kappa shape index (κ1) is 18.3. The quantitative estimate of drug-likeness (QED) is 0.357. The highest BCUT2D eigenvalue weighted by Crippen LogP contribution is 2.31. The molecule has 4 nitrogen and oxygen atoms in total. The molecule has 4 heteroatoms. The second kappa shape index (κ2) is 7.56. The molecule has 1 heterocycles. The number of amides is 1. The van der Waals surface area contributed by atoms with Crippen LogP contribution in [-0.2, 0) is 4.79 Å². The number of hydrogen-bond donors (Lipinski definition) is 0. The van der Waals surface area contributed by atoms with Crippen molar-refractivity contribution >= 4 is 44.3 Å². The summed E-state index contributed by atoms with van der Waals surface area (Å²) in [7, 11) is 0. The summed E-state index contributed by atoms with van der Waals surface area (Å²) in [6, 6.07) is 27.7. The minimum Gasteiger partial charge on any atom is -0.484 e. The first-order chi connectivity index (χ1) is 14.7. The molecule has 0 spiro atoms. The lowest BCUT2D eigenvalue weighted by Crippen LogP contribution is -2.34. The zero-order chi connectivity index (χ0) is 20.5. The van der Waals surface area contributed by atoms with Crippen molar-refractivity contribution in [2.75, 3.05) is 18.1 Å². The fourth-order valence-electron chi connectivity index (χ4n) is 3.94. The van der Waals surface area contributed by atoms with Crippen molar-refractivity contribution in [1.82, 2.24) is 0 Å². The minimum atomic E-state index is -0.0778. The van der Waals surface area contributed by atoms with E-state index in [2.05, 4.69) is 12.1 Å². The first-order valence-electron chi connectivity index (χ1n) is 10.1. The monoisotopic (exact) mass is 395 g/mol. The van der Waals surface area contributed by atoms with Crippen LogP contribution in [0.15, 0.2) is 89.3 Å². The molecule has 0 aliphatic heterocycles. The predicted octanol–water partition coefficient (Wildman–Crippen LogP) is 6.17. The highest BCUT2D eigenvalue weighted by molar-refractivity contribution is 6.06. The molecule has 0 saturated heterocycles. The summed E-state index contributed by atoms with van der Waals surface area (Å²) in [5.74, 6) is 0.572. The van der Waals surface area contributed by atoms with Crippen LogP contribution in [0.1, 0.15) is 6.92 Å². The van der Waals surface area contributed by atoms with Gasteiger partial charge in [0.2, 0.25) is 0 Å². The van der Waals surface area contributed by atoms with Crippen LogP contribution in [0.2, 0.25) is 0 Å². The van der Waals surface area contributed by atoms with Gasteiger partial charge in [-0.2, -0.15) is 0 Å². The SMILES string of the molecule is CCN(C(=O)COc1ccc2oc3ccccc3c2c1)c1cccc2ccccc12. The Morgan fingerprint density at radius 3 is 2.43 bits per heavy atom. The lowest BCUT2D eigenvalue weighted by molar-refractivity contribution is -0.120. The molecule has 0 atom stereocenters. The fourth-order valence-corrected chi connectivity index (χ4v) is 3.94. The Balaban J connectivity index is 1.40. The molecule has 5 rings (SSSR count). The average Bonchev–Trinajstić information content (AvgIpc) is 3.16. The Labute approximate surface area is 174 Å². The standard InChI is InChI=1S/C26H21NO3/c1-2-27(23-12-7-9-18-8-3-4-10-20(18)23)26(28)17-29-19-14-15-25-22(16-19)21-11-5-6-13-24(21)30-25/h3-16H,2,17H2,1H3. The highest BCUT2D eigenvalue weighted by atomic mass is 16.5. The van der Waals surface area contributed by atoms with E-state index in [4.69, 9.17) is 9.15 Å². The van der Waals surface area contributed by atoms with Gasteiger partial charge in [-0.25, -0.2) is 0 Å². The number of anilines is 1. The maximum absolute atomic E-state index is 13.0. The molecular weight excluding hydrogens is 374 g/mol. The van der Waals surface area contributed by atoms with E-state index in [1.165, 1.54) is 0 Å². The molecule has 1 aromatic heterocycles. The van der Waals surface area contributed by atoms with Crippen molar-refractivity contribution in [1.29, 1.82) is 0 Å². The first-order valence-corrected chi connectivity index (χ1v) is 10.1. The summed E-state index contributed by atoms with van der Waals surface area (Å²) < 4.78 is 11.7. The second-order valence-corrected chi connectivity index (χ2v) is 7.18. The molecule has 0 aliphatic carbocycles. The second-order valence-electron chi connectivity index (χ2n) is 7.18. The molecule has 148 valence electrons. The molecule has 4 aromatic carbocycles. The fraction of sp³-hybridized carbons (Fsp3) is 0.115. The van der Waals surface area contributed by atoms with Gasteiger partial charge in [-0.3, -0.25) is 4.79 Å². The number of carbonyl (C=O) groups is 1. The van der Waals surface area contributed by atoms with Crippen molar-refractivity contribution in [2.45, 2.75) is 6.92 Å². The van der Waals surface area contributed by atoms with Gasteiger partial charge in [0.1, 0.15) is 16.9 Å². The zero-order valence-corrected chi connectivity index (χ0v) is 16.7. The largest absolute Gasteiger partial charge is 0.484 e. The average molecular weight is 395 g/mol. The van der Waals surface area contributed by atoms with Gasteiger partial charge in [-0.05, 0) is 42.6 Å². The number of carbonyl (C=O) groups excluding carboxylic acids is 1. The third-order valence-electron chi connectivity index (χ3n) is 5.39. The van der Waals surface area contributed by atoms with E-state index in [0.717, 1.165) is 38.4 Å². The molecule has 5 aromatic rings. The molecule has 1 amide bonds. The van der Waals surface area contributed by atoms with Crippen molar-refractivity contribution < 1.29 is 13.9 Å². The number of furan rings is 1. The topological polar surface area (TPSA) is 42.7 Å². The lowest BCUT2D eigenvalue weighted by atomic mass is 10.1. The Bertz CT molecular complexity index is 1360. The Morgan fingerprint density at radius 2 is 1.57 bits per heavy atom. The van der Waals surface area contributed by atoms with Crippen molar-refractivity contribution in [3.63, 3.8) is 0 Å². The number of para-hydroxylation sites is 1. The van der Waals surface area contributed by atoms with Crippen molar-refractivity contribution in [2.24, 2.45) is 0 Å². The van der Waals surface area contributed by atoms with Crippen LogP contribution in [0.3, 0.4) is 0 Å². The summed E-state index contributed by atoms with van der Waals surface area (Å²) in [5, 5.41) is 4.19. The van der Waals surface area contributed by atoms with Crippen molar-refractivity contribution in [3.8, 4) is 5.75 Å². The van der Waals surface area contributed by atoms with Gasteiger partial charge in [-0.1, -0.05) is 54.6 Å². The molecule has 0 fully saturated rings. The Kier molecular flexibility index (Phi) is 4.60. The van der Waals surface area contributed by atoms with Gasteiger partial charge < -0.3 is 14.1 Å². The van der Waals surface area contributed by atoms with E-state index >= 15 is 0 Å². The molecule has 30 heavy (non-hydrogen) atoms. The van der Waals surface area contributed by atoms with E-state index in [0.29, 0.717) is 12.3 Å². The van der Waals surface area contributed by atoms with Crippen LogP contribution in [0, 0.1) is 0 Å². The van der Waals surface area contributed by atoms with Gasteiger partial charge in [-0.15, -0.1) is 0 Å². The van der Waals surface area contributed by atoms with Gasteiger partial charge in [0.25, 0.3) is 5.91 Å². The smallest absolute Gasteiger partial charge is 0.264 e. The maximum atomic E-state index is 13.0. The molecule has 0 aliphatic rings. The Morgan fingerprint density at radius 1 is 0.833 bits per heavy atom. The third kappa shape index (κ3) is 3.16. The van der Waals surface area contributed by atoms with Gasteiger partial charge in [0, 0.05) is 22.7 Å². The number of benzene rings is 4.